The summed E-state index contributed by atoms with van der Waals surface area (Å²) in [4.78, 5) is 2.60. The molecule has 0 aromatic carbocycles. The molecule has 0 bridgehead atoms. The van der Waals surface area contributed by atoms with Crippen molar-refractivity contribution in [3.63, 3.8) is 0 Å². The summed E-state index contributed by atoms with van der Waals surface area (Å²) in [5, 5.41) is 0. The summed E-state index contributed by atoms with van der Waals surface area (Å²) in [7, 11) is 0. The maximum atomic E-state index is 5.37. The molecule has 0 aromatic heterocycles. The van der Waals surface area contributed by atoms with Gasteiger partial charge in [-0.25, -0.2) is 0 Å². The van der Waals surface area contributed by atoms with E-state index in [9.17, 15) is 0 Å². The predicted molar refractivity (Wildman–Crippen MR) is 44.6 cm³/mol. The van der Waals surface area contributed by atoms with Crippen molar-refractivity contribution < 1.29 is 4.74 Å². The largest absolute Gasteiger partial charge is 0.380 e. The molecule has 0 N–H and O–H groups in total. The average molecular weight is 155 g/mol. The van der Waals surface area contributed by atoms with Crippen LogP contribution >= 0.6 is 0 Å². The molecule has 2 heteroatoms. The second-order valence-electron chi connectivity index (χ2n) is 3.90. The molecular weight excluding hydrogens is 138 g/mol. The van der Waals surface area contributed by atoms with E-state index in [0.717, 1.165) is 31.3 Å². The van der Waals surface area contributed by atoms with Gasteiger partial charge in [0, 0.05) is 24.7 Å². The molecule has 2 nitrogen and oxygen atoms in total. The number of ether oxygens (including phenoxy) is 1. The van der Waals surface area contributed by atoms with Crippen LogP contribution in [0.2, 0.25) is 0 Å². The minimum atomic E-state index is 0.730. The van der Waals surface area contributed by atoms with Crippen molar-refractivity contribution in [1.82, 2.24) is 4.90 Å². The third kappa shape index (κ3) is 1.18. The first-order chi connectivity index (χ1) is 5.29. The van der Waals surface area contributed by atoms with E-state index in [0.29, 0.717) is 0 Å². The van der Waals surface area contributed by atoms with Crippen LogP contribution in [0.4, 0.5) is 0 Å². The Labute approximate surface area is 68.5 Å². The van der Waals surface area contributed by atoms with Crippen LogP contribution in [0.5, 0.6) is 0 Å². The highest BCUT2D eigenvalue weighted by atomic mass is 16.5. The van der Waals surface area contributed by atoms with Crippen LogP contribution in [0.1, 0.15) is 26.7 Å². The van der Waals surface area contributed by atoms with Crippen molar-refractivity contribution in [3.05, 3.63) is 0 Å². The Morgan fingerprint density at radius 3 is 2.45 bits per heavy atom. The van der Waals surface area contributed by atoms with E-state index >= 15 is 0 Å². The van der Waals surface area contributed by atoms with E-state index in [-0.39, 0.29) is 0 Å². The summed E-state index contributed by atoms with van der Waals surface area (Å²) in [6, 6.07) is 2.34. The van der Waals surface area contributed by atoms with Crippen molar-refractivity contribution in [3.8, 4) is 0 Å². The molecule has 2 aliphatic rings. The number of nitrogens with zero attached hydrogens (tertiary/aromatic N) is 1. The van der Waals surface area contributed by atoms with Crippen LogP contribution in [-0.4, -0.2) is 36.2 Å². The van der Waals surface area contributed by atoms with Gasteiger partial charge < -0.3 is 4.74 Å². The first-order valence-corrected chi connectivity index (χ1v) is 4.64. The standard InChI is InChI=1S/C9H17NO/c1-7-5-8(2)10(7)9-3-4-11-6-9/h7-9H,3-6H2,1-2H3. The third-order valence-electron chi connectivity index (χ3n) is 3.03. The van der Waals surface area contributed by atoms with Gasteiger partial charge in [0.15, 0.2) is 0 Å². The Morgan fingerprint density at radius 1 is 1.27 bits per heavy atom. The fourth-order valence-electron chi connectivity index (χ4n) is 2.51. The van der Waals surface area contributed by atoms with Gasteiger partial charge in [-0.2, -0.15) is 0 Å². The first-order valence-electron chi connectivity index (χ1n) is 4.64. The molecule has 64 valence electrons. The van der Waals surface area contributed by atoms with Crippen molar-refractivity contribution in [2.45, 2.75) is 44.8 Å². The molecule has 0 aliphatic carbocycles. The van der Waals surface area contributed by atoms with Gasteiger partial charge >= 0.3 is 0 Å². The van der Waals surface area contributed by atoms with E-state index in [2.05, 4.69) is 18.7 Å². The van der Waals surface area contributed by atoms with Gasteiger partial charge in [-0.05, 0) is 26.7 Å². The number of rotatable bonds is 1. The SMILES string of the molecule is CC1CC(C)N1C1CCOC1. The number of hydrogen-bond donors (Lipinski definition) is 0. The van der Waals surface area contributed by atoms with E-state index in [1.54, 1.807) is 0 Å². The van der Waals surface area contributed by atoms with E-state index in [4.69, 9.17) is 4.74 Å². The topological polar surface area (TPSA) is 12.5 Å². The van der Waals surface area contributed by atoms with Crippen LogP contribution in [0, 0.1) is 0 Å². The third-order valence-corrected chi connectivity index (χ3v) is 3.03. The first kappa shape index (κ1) is 7.56. The van der Waals surface area contributed by atoms with Crippen LogP contribution in [-0.2, 0) is 4.74 Å². The Bertz CT molecular complexity index is 134. The Balaban J connectivity index is 1.92. The Hall–Kier alpha value is -0.0800. The highest BCUT2D eigenvalue weighted by Crippen LogP contribution is 2.30. The second kappa shape index (κ2) is 2.76. The van der Waals surface area contributed by atoms with Gasteiger partial charge in [0.05, 0.1) is 6.61 Å². The second-order valence-corrected chi connectivity index (χ2v) is 3.90. The highest BCUT2D eigenvalue weighted by Gasteiger charge is 2.38. The average Bonchev–Trinajstić information content (AvgIpc) is 2.39. The molecule has 2 rings (SSSR count). The summed E-state index contributed by atoms with van der Waals surface area (Å²) in [6.07, 6.45) is 2.62. The molecule has 2 heterocycles. The zero-order valence-electron chi connectivity index (χ0n) is 7.42. The minimum absolute atomic E-state index is 0.730. The molecular formula is C9H17NO. The molecule has 0 aromatic rings. The van der Waals surface area contributed by atoms with Crippen molar-refractivity contribution >= 4 is 0 Å². The quantitative estimate of drug-likeness (QED) is 0.565. The fourth-order valence-corrected chi connectivity index (χ4v) is 2.51. The lowest BCUT2D eigenvalue weighted by Gasteiger charge is -2.48. The van der Waals surface area contributed by atoms with Crippen LogP contribution < -0.4 is 0 Å². The molecule has 2 fully saturated rings. The van der Waals surface area contributed by atoms with E-state index in [1.807, 2.05) is 0 Å². The molecule has 0 radical (unpaired) electrons. The van der Waals surface area contributed by atoms with Gasteiger partial charge in [-0.1, -0.05) is 0 Å². The maximum Gasteiger partial charge on any atom is 0.0622 e. The molecule has 0 amide bonds. The minimum Gasteiger partial charge on any atom is -0.380 e. The summed E-state index contributed by atoms with van der Waals surface area (Å²) in [6.45, 7) is 6.58. The summed E-state index contributed by atoms with van der Waals surface area (Å²) < 4.78 is 5.37. The van der Waals surface area contributed by atoms with Crippen molar-refractivity contribution in [2.24, 2.45) is 0 Å². The van der Waals surface area contributed by atoms with Gasteiger partial charge in [-0.15, -0.1) is 0 Å². The lowest BCUT2D eigenvalue weighted by molar-refractivity contribution is -0.00908. The van der Waals surface area contributed by atoms with Crippen LogP contribution in [0.15, 0.2) is 0 Å². The summed E-state index contributed by atoms with van der Waals surface area (Å²) >= 11 is 0. The normalized spacial score (nSPS) is 45.8. The molecule has 11 heavy (non-hydrogen) atoms. The van der Waals surface area contributed by atoms with Gasteiger partial charge in [0.1, 0.15) is 0 Å². The molecule has 0 saturated carbocycles. The van der Waals surface area contributed by atoms with Gasteiger partial charge in [0.25, 0.3) is 0 Å². The predicted octanol–water partition coefficient (Wildman–Crippen LogP) is 1.26. The number of hydrogen-bond acceptors (Lipinski definition) is 2. The molecule has 2 saturated heterocycles. The summed E-state index contributed by atoms with van der Waals surface area (Å²) in [5.74, 6) is 0. The molecule has 3 atom stereocenters. The highest BCUT2D eigenvalue weighted by molar-refractivity contribution is 4.92. The Morgan fingerprint density at radius 2 is 2.00 bits per heavy atom. The maximum absolute atomic E-state index is 5.37. The zero-order valence-corrected chi connectivity index (χ0v) is 7.42. The lowest BCUT2D eigenvalue weighted by Crippen LogP contribution is -2.57. The van der Waals surface area contributed by atoms with E-state index < -0.39 is 0 Å². The van der Waals surface area contributed by atoms with Crippen molar-refractivity contribution in [1.29, 1.82) is 0 Å². The summed E-state index contributed by atoms with van der Waals surface area (Å²) in [5.41, 5.74) is 0. The van der Waals surface area contributed by atoms with Crippen molar-refractivity contribution in [2.75, 3.05) is 13.2 Å². The smallest absolute Gasteiger partial charge is 0.0622 e. The van der Waals surface area contributed by atoms with E-state index in [1.165, 1.54) is 12.8 Å². The van der Waals surface area contributed by atoms with Gasteiger partial charge in [-0.3, -0.25) is 4.90 Å². The number of likely N-dealkylation sites (tertiary alicyclic amines) is 1. The Kier molecular flexibility index (Phi) is 1.90. The van der Waals surface area contributed by atoms with Crippen LogP contribution in [0.25, 0.3) is 0 Å². The molecule has 3 unspecified atom stereocenters. The fraction of sp³-hybridized carbons (Fsp3) is 1.00. The molecule has 0 spiro atoms. The molecule has 2 aliphatic heterocycles. The van der Waals surface area contributed by atoms with Gasteiger partial charge in [0.2, 0.25) is 0 Å². The lowest BCUT2D eigenvalue weighted by atomic mass is 9.92. The monoisotopic (exact) mass is 155 g/mol. The van der Waals surface area contributed by atoms with Crippen LogP contribution in [0.3, 0.4) is 0 Å². The zero-order chi connectivity index (χ0) is 7.84.